The largest absolute Gasteiger partial charge is 0.335 e. The van der Waals surface area contributed by atoms with Crippen LogP contribution in [0, 0.1) is 0 Å². The maximum atomic E-state index is 4.86. The Balaban J connectivity index is 1.53. The molecule has 0 aliphatic rings. The second kappa shape index (κ2) is 6.08. The van der Waals surface area contributed by atoms with E-state index in [1.54, 1.807) is 34.6 Å². The van der Waals surface area contributed by atoms with Gasteiger partial charge in [-0.15, -0.1) is 11.3 Å². The van der Waals surface area contributed by atoms with Crippen LogP contribution < -0.4 is 0 Å². The first kappa shape index (κ1) is 16.1. The van der Waals surface area contributed by atoms with Crippen LogP contribution in [-0.4, -0.2) is 39.9 Å². The molecule has 6 aromatic heterocycles. The van der Waals surface area contributed by atoms with Crippen molar-refractivity contribution in [2.24, 2.45) is 7.05 Å². The molecule has 6 heterocycles. The first-order valence-electron chi connectivity index (χ1n) is 8.97. The van der Waals surface area contributed by atoms with Crippen LogP contribution in [0.15, 0.2) is 54.6 Å². The Morgan fingerprint density at radius 2 is 2.07 bits per heavy atom. The summed E-state index contributed by atoms with van der Waals surface area (Å²) >= 11 is 1.67. The smallest absolute Gasteiger partial charge is 0.159 e. The summed E-state index contributed by atoms with van der Waals surface area (Å²) in [6, 6.07) is 6.11. The van der Waals surface area contributed by atoms with Crippen molar-refractivity contribution in [3.63, 3.8) is 0 Å². The normalized spacial score (nSPS) is 11.6. The van der Waals surface area contributed by atoms with E-state index in [9.17, 15) is 0 Å². The minimum atomic E-state index is 0.695. The van der Waals surface area contributed by atoms with Gasteiger partial charge in [-0.05, 0) is 17.5 Å². The predicted molar refractivity (Wildman–Crippen MR) is 112 cm³/mol. The number of fused-ring (bicyclic) bond motifs is 2. The molecule has 0 amide bonds. The number of pyridine rings is 2. The van der Waals surface area contributed by atoms with Crippen LogP contribution in [0.4, 0.5) is 0 Å². The van der Waals surface area contributed by atoms with E-state index in [2.05, 4.69) is 41.7 Å². The van der Waals surface area contributed by atoms with Gasteiger partial charge >= 0.3 is 0 Å². The van der Waals surface area contributed by atoms with Crippen molar-refractivity contribution in [3.8, 4) is 33.2 Å². The maximum Gasteiger partial charge on any atom is 0.159 e. The molecular weight excluding hydrogens is 384 g/mol. The summed E-state index contributed by atoms with van der Waals surface area (Å²) in [5, 5.41) is 14.8. The van der Waals surface area contributed by atoms with Crippen LogP contribution in [0.1, 0.15) is 0 Å². The molecule has 2 N–H and O–H groups in total. The lowest BCUT2D eigenvalue weighted by Gasteiger charge is -1.98. The van der Waals surface area contributed by atoms with E-state index in [0.29, 0.717) is 5.82 Å². The molecule has 29 heavy (non-hydrogen) atoms. The fourth-order valence-electron chi connectivity index (χ4n) is 3.47. The summed E-state index contributed by atoms with van der Waals surface area (Å²) in [5.74, 6) is 0.695. The Labute approximate surface area is 168 Å². The van der Waals surface area contributed by atoms with E-state index in [0.717, 1.165) is 49.3 Å². The average molecular weight is 398 g/mol. The maximum absolute atomic E-state index is 4.86. The van der Waals surface area contributed by atoms with Gasteiger partial charge in [0.2, 0.25) is 0 Å². The quantitative estimate of drug-likeness (QED) is 0.469. The van der Waals surface area contributed by atoms with Crippen molar-refractivity contribution in [3.05, 3.63) is 54.6 Å². The van der Waals surface area contributed by atoms with Crippen molar-refractivity contribution in [1.82, 2.24) is 39.9 Å². The molecule has 0 saturated carbocycles. The van der Waals surface area contributed by atoms with Crippen LogP contribution >= 0.6 is 11.3 Å². The highest BCUT2D eigenvalue weighted by atomic mass is 32.1. The van der Waals surface area contributed by atoms with E-state index in [-0.39, 0.29) is 0 Å². The summed E-state index contributed by atoms with van der Waals surface area (Å²) in [6.07, 6.45) is 9.17. The fourth-order valence-corrected chi connectivity index (χ4v) is 4.20. The van der Waals surface area contributed by atoms with Crippen LogP contribution in [0.5, 0.6) is 0 Å². The lowest BCUT2D eigenvalue weighted by atomic mass is 10.1. The van der Waals surface area contributed by atoms with Gasteiger partial charge in [0.05, 0.1) is 35.3 Å². The molecule has 140 valence electrons. The summed E-state index contributed by atoms with van der Waals surface area (Å²) in [5.41, 5.74) is 6.17. The molecule has 0 aromatic carbocycles. The zero-order valence-corrected chi connectivity index (χ0v) is 16.1. The summed E-state index contributed by atoms with van der Waals surface area (Å²) in [4.78, 5) is 18.3. The van der Waals surface area contributed by atoms with Crippen LogP contribution in [0.3, 0.4) is 0 Å². The van der Waals surface area contributed by atoms with Crippen molar-refractivity contribution in [2.45, 2.75) is 0 Å². The second-order valence-corrected chi connectivity index (χ2v) is 7.68. The molecule has 9 heteroatoms. The average Bonchev–Trinajstić information content (AvgIpc) is 3.51. The first-order chi connectivity index (χ1) is 14.3. The van der Waals surface area contributed by atoms with Crippen LogP contribution in [-0.2, 0) is 7.05 Å². The lowest BCUT2D eigenvalue weighted by Crippen LogP contribution is -1.85. The van der Waals surface area contributed by atoms with Crippen molar-refractivity contribution in [1.29, 1.82) is 0 Å². The van der Waals surface area contributed by atoms with Gasteiger partial charge in [-0.2, -0.15) is 10.2 Å². The molecule has 0 unspecified atom stereocenters. The monoisotopic (exact) mass is 398 g/mol. The number of nitrogens with zero attached hydrogens (tertiary/aromatic N) is 6. The number of aryl methyl sites for hydroxylation is 1. The van der Waals surface area contributed by atoms with Gasteiger partial charge in [0, 0.05) is 40.8 Å². The molecule has 0 aliphatic carbocycles. The third-order valence-electron chi connectivity index (χ3n) is 4.85. The Morgan fingerprint density at radius 3 is 2.90 bits per heavy atom. The minimum absolute atomic E-state index is 0.695. The van der Waals surface area contributed by atoms with Crippen molar-refractivity contribution >= 4 is 33.3 Å². The summed E-state index contributed by atoms with van der Waals surface area (Å²) in [7, 11) is 1.89. The Kier molecular flexibility index (Phi) is 3.38. The highest BCUT2D eigenvalue weighted by Crippen LogP contribution is 2.33. The van der Waals surface area contributed by atoms with E-state index < -0.39 is 0 Å². The topological polar surface area (TPSA) is 101 Å². The zero-order chi connectivity index (χ0) is 19.4. The standard InChI is InChI=1S/C20H14N8S/c1-28-10-11(6-23-28)14-5-12-15(9-22-14)26-27-19(12)20-24-16-8-21-7-13(18(16)25-20)17-3-2-4-29-17/h2-10H,1H3,(H,24,25)(H,26,27). The van der Waals surface area contributed by atoms with Crippen molar-refractivity contribution < 1.29 is 0 Å². The molecule has 0 spiro atoms. The highest BCUT2D eigenvalue weighted by Gasteiger charge is 2.17. The van der Waals surface area contributed by atoms with Gasteiger partial charge in [0.25, 0.3) is 0 Å². The zero-order valence-electron chi connectivity index (χ0n) is 15.3. The molecule has 0 aliphatic heterocycles. The molecular formula is C20H14N8S. The molecule has 8 nitrogen and oxygen atoms in total. The number of aromatic nitrogens is 8. The molecule has 0 atom stereocenters. The van der Waals surface area contributed by atoms with Crippen LogP contribution in [0.2, 0.25) is 0 Å². The molecule has 6 aromatic rings. The SMILES string of the molecule is Cn1cc(-c2cc3c(-c4nc5c(-c6cccs6)cncc5[nH]4)n[nH]c3cn2)cn1. The predicted octanol–water partition coefficient (Wildman–Crippen LogP) is 4.03. The van der Waals surface area contributed by atoms with E-state index in [1.807, 2.05) is 31.6 Å². The van der Waals surface area contributed by atoms with Gasteiger partial charge in [-0.3, -0.25) is 19.7 Å². The summed E-state index contributed by atoms with van der Waals surface area (Å²) in [6.45, 7) is 0. The number of hydrogen-bond donors (Lipinski definition) is 2. The Hall–Kier alpha value is -3.85. The van der Waals surface area contributed by atoms with E-state index in [1.165, 1.54) is 0 Å². The third-order valence-corrected chi connectivity index (χ3v) is 5.76. The molecule has 0 radical (unpaired) electrons. The molecule has 6 rings (SSSR count). The number of thiophene rings is 1. The highest BCUT2D eigenvalue weighted by molar-refractivity contribution is 7.13. The van der Waals surface area contributed by atoms with Crippen molar-refractivity contribution in [2.75, 3.05) is 0 Å². The number of nitrogens with one attached hydrogen (secondary N) is 2. The fraction of sp³-hybridized carbons (Fsp3) is 0.0500. The Bertz CT molecular complexity index is 1470. The van der Waals surface area contributed by atoms with E-state index >= 15 is 0 Å². The number of H-pyrrole nitrogens is 2. The van der Waals surface area contributed by atoms with Gasteiger partial charge < -0.3 is 4.98 Å². The number of imidazole rings is 1. The number of rotatable bonds is 3. The van der Waals surface area contributed by atoms with Gasteiger partial charge in [0.1, 0.15) is 11.2 Å². The second-order valence-electron chi connectivity index (χ2n) is 6.74. The van der Waals surface area contributed by atoms with Crippen LogP contribution in [0.25, 0.3) is 55.2 Å². The minimum Gasteiger partial charge on any atom is -0.335 e. The molecule has 0 bridgehead atoms. The number of aromatic amines is 2. The van der Waals surface area contributed by atoms with E-state index in [4.69, 9.17) is 4.98 Å². The summed E-state index contributed by atoms with van der Waals surface area (Å²) < 4.78 is 1.76. The Morgan fingerprint density at radius 1 is 1.10 bits per heavy atom. The third kappa shape index (κ3) is 2.55. The van der Waals surface area contributed by atoms with Gasteiger partial charge in [-0.1, -0.05) is 6.07 Å². The first-order valence-corrected chi connectivity index (χ1v) is 9.85. The molecule has 0 saturated heterocycles. The van der Waals surface area contributed by atoms with Gasteiger partial charge in [0.15, 0.2) is 5.82 Å². The lowest BCUT2D eigenvalue weighted by molar-refractivity contribution is 0.768. The van der Waals surface area contributed by atoms with Gasteiger partial charge in [-0.25, -0.2) is 4.98 Å². The molecule has 0 fully saturated rings. The number of hydrogen-bond acceptors (Lipinski definition) is 6.